The van der Waals surface area contributed by atoms with Gasteiger partial charge in [0.15, 0.2) is 11.6 Å². The molecule has 0 bridgehead atoms. The van der Waals surface area contributed by atoms with Crippen LogP contribution in [0.1, 0.15) is 80.9 Å². The number of oxazole rings is 1. The molecule has 1 aliphatic rings. The molecule has 1 aliphatic carbocycles. The van der Waals surface area contributed by atoms with Gasteiger partial charge in [-0.3, -0.25) is 0 Å². The molecule has 1 fully saturated rings. The number of carbonyl (C=O) groups is 1. The number of carbonyl (C=O) groups excluding carboxylic acids is 1. The molecule has 1 saturated carbocycles. The first-order valence-corrected chi connectivity index (χ1v) is 7.32. The zero-order valence-electron chi connectivity index (χ0n) is 12.6. The molecule has 0 aliphatic heterocycles. The first-order chi connectivity index (χ1) is 9.86. The molecule has 0 saturated heterocycles. The zero-order chi connectivity index (χ0) is 15.6. The van der Waals surface area contributed by atoms with Crippen LogP contribution in [0.3, 0.4) is 0 Å². The van der Waals surface area contributed by atoms with E-state index in [-0.39, 0.29) is 23.8 Å². The third kappa shape index (κ3) is 3.24. The second-order valence-electron chi connectivity index (χ2n) is 6.07. The van der Waals surface area contributed by atoms with E-state index in [1.165, 1.54) is 0 Å². The lowest BCUT2D eigenvalue weighted by Crippen LogP contribution is -2.26. The predicted molar refractivity (Wildman–Crippen MR) is 72.4 cm³/mol. The van der Waals surface area contributed by atoms with Gasteiger partial charge in [-0.05, 0) is 25.2 Å². The van der Waals surface area contributed by atoms with Gasteiger partial charge in [0.25, 0.3) is 6.43 Å². The summed E-state index contributed by atoms with van der Waals surface area (Å²) >= 11 is 0. The molecule has 21 heavy (non-hydrogen) atoms. The Kier molecular flexibility index (Phi) is 4.64. The largest absolute Gasteiger partial charge is 0.460 e. The van der Waals surface area contributed by atoms with Crippen molar-refractivity contribution in [3.8, 4) is 0 Å². The molecule has 1 unspecified atom stereocenters. The van der Waals surface area contributed by atoms with Crippen molar-refractivity contribution in [2.75, 3.05) is 6.61 Å². The van der Waals surface area contributed by atoms with E-state index in [4.69, 9.17) is 9.15 Å². The predicted octanol–water partition coefficient (Wildman–Crippen LogP) is 4.47. The fourth-order valence-electron chi connectivity index (χ4n) is 2.94. The molecule has 0 aromatic carbocycles. The third-order valence-corrected chi connectivity index (χ3v) is 4.14. The van der Waals surface area contributed by atoms with Crippen LogP contribution in [0.5, 0.6) is 0 Å². The van der Waals surface area contributed by atoms with Crippen molar-refractivity contribution in [3.63, 3.8) is 0 Å². The number of hydrogen-bond acceptors (Lipinski definition) is 4. The number of esters is 1. The summed E-state index contributed by atoms with van der Waals surface area (Å²) in [5.74, 6) is -1.15. The minimum absolute atomic E-state index is 0.0491. The summed E-state index contributed by atoms with van der Waals surface area (Å²) in [7, 11) is 0. The van der Waals surface area contributed by atoms with Crippen LogP contribution in [-0.2, 0) is 4.74 Å². The summed E-state index contributed by atoms with van der Waals surface area (Å²) in [6.07, 6.45) is 1.08. The molecule has 1 atom stereocenters. The summed E-state index contributed by atoms with van der Waals surface area (Å²) in [6.45, 7) is 5.87. The quantitative estimate of drug-likeness (QED) is 0.770. The van der Waals surface area contributed by atoms with Gasteiger partial charge in [0.2, 0.25) is 5.76 Å². The summed E-state index contributed by atoms with van der Waals surface area (Å²) in [5, 5.41) is 0. The Hall–Kier alpha value is -1.46. The van der Waals surface area contributed by atoms with Crippen LogP contribution in [0.2, 0.25) is 0 Å². The Labute approximate surface area is 122 Å². The topological polar surface area (TPSA) is 52.3 Å². The van der Waals surface area contributed by atoms with Gasteiger partial charge in [-0.25, -0.2) is 18.6 Å². The minimum Gasteiger partial charge on any atom is -0.460 e. The second kappa shape index (κ2) is 6.12. The fourth-order valence-corrected chi connectivity index (χ4v) is 2.94. The molecular formula is C15H21F2NO3. The Morgan fingerprint density at radius 1 is 1.48 bits per heavy atom. The highest BCUT2D eigenvalue weighted by atomic mass is 19.3. The van der Waals surface area contributed by atoms with Crippen LogP contribution in [0.4, 0.5) is 8.78 Å². The molecule has 0 radical (unpaired) electrons. The van der Waals surface area contributed by atoms with Crippen molar-refractivity contribution < 1.29 is 22.7 Å². The van der Waals surface area contributed by atoms with Crippen molar-refractivity contribution in [2.24, 2.45) is 5.41 Å². The van der Waals surface area contributed by atoms with E-state index < -0.39 is 23.8 Å². The average molecular weight is 301 g/mol. The SMILES string of the molecule is CCOC(=O)c1oc(C2CCCCC2(C)C)nc1C(F)F. The molecular weight excluding hydrogens is 280 g/mol. The maximum atomic E-state index is 13.1. The van der Waals surface area contributed by atoms with Crippen molar-refractivity contribution in [2.45, 2.75) is 58.8 Å². The maximum Gasteiger partial charge on any atom is 0.376 e. The first kappa shape index (κ1) is 15.9. The van der Waals surface area contributed by atoms with E-state index in [0.29, 0.717) is 0 Å². The third-order valence-electron chi connectivity index (χ3n) is 4.14. The van der Waals surface area contributed by atoms with Crippen LogP contribution in [0.25, 0.3) is 0 Å². The van der Waals surface area contributed by atoms with Crippen LogP contribution in [0, 0.1) is 5.41 Å². The lowest BCUT2D eigenvalue weighted by Gasteiger charge is -2.36. The highest BCUT2D eigenvalue weighted by molar-refractivity contribution is 5.87. The fraction of sp³-hybridized carbons (Fsp3) is 0.733. The second-order valence-corrected chi connectivity index (χ2v) is 6.07. The summed E-state index contributed by atoms with van der Waals surface area (Å²) in [4.78, 5) is 15.7. The lowest BCUT2D eigenvalue weighted by atomic mass is 9.69. The highest BCUT2D eigenvalue weighted by Gasteiger charge is 2.39. The Bertz CT molecular complexity index is 511. The number of alkyl halides is 2. The Morgan fingerprint density at radius 2 is 2.19 bits per heavy atom. The molecule has 0 amide bonds. The van der Waals surface area contributed by atoms with Crippen molar-refractivity contribution >= 4 is 5.97 Å². The minimum atomic E-state index is -2.85. The van der Waals surface area contributed by atoms with E-state index in [9.17, 15) is 13.6 Å². The summed E-state index contributed by atoms with van der Waals surface area (Å²) in [6, 6.07) is 0. The van der Waals surface area contributed by atoms with Crippen molar-refractivity contribution in [1.82, 2.24) is 4.98 Å². The molecule has 1 heterocycles. The number of rotatable bonds is 4. The highest BCUT2D eigenvalue weighted by Crippen LogP contribution is 2.47. The average Bonchev–Trinajstić information content (AvgIpc) is 2.83. The van der Waals surface area contributed by atoms with Crippen LogP contribution >= 0.6 is 0 Å². The Balaban J connectivity index is 2.37. The molecule has 0 spiro atoms. The van der Waals surface area contributed by atoms with Gasteiger partial charge in [-0.2, -0.15) is 0 Å². The number of ether oxygens (including phenoxy) is 1. The molecule has 6 heteroatoms. The number of nitrogens with zero attached hydrogens (tertiary/aromatic N) is 1. The molecule has 0 N–H and O–H groups in total. The van der Waals surface area contributed by atoms with Crippen LogP contribution in [-0.4, -0.2) is 17.6 Å². The Morgan fingerprint density at radius 3 is 2.76 bits per heavy atom. The first-order valence-electron chi connectivity index (χ1n) is 7.32. The van der Waals surface area contributed by atoms with E-state index in [1.54, 1.807) is 6.92 Å². The number of halogens is 2. The zero-order valence-corrected chi connectivity index (χ0v) is 12.6. The summed E-state index contributed by atoms with van der Waals surface area (Å²) < 4.78 is 36.3. The number of hydrogen-bond donors (Lipinski definition) is 0. The van der Waals surface area contributed by atoms with Crippen LogP contribution in [0.15, 0.2) is 4.42 Å². The van der Waals surface area contributed by atoms with E-state index in [2.05, 4.69) is 18.8 Å². The molecule has 1 aromatic rings. The molecule has 1 aromatic heterocycles. The monoisotopic (exact) mass is 301 g/mol. The van der Waals surface area contributed by atoms with Gasteiger partial charge in [0, 0.05) is 5.92 Å². The maximum absolute atomic E-state index is 13.1. The van der Waals surface area contributed by atoms with Gasteiger partial charge < -0.3 is 9.15 Å². The van der Waals surface area contributed by atoms with Crippen molar-refractivity contribution in [3.05, 3.63) is 17.3 Å². The lowest BCUT2D eigenvalue weighted by molar-refractivity contribution is 0.0469. The number of aromatic nitrogens is 1. The smallest absolute Gasteiger partial charge is 0.376 e. The van der Waals surface area contributed by atoms with Gasteiger partial charge in [-0.15, -0.1) is 0 Å². The normalized spacial score (nSPS) is 21.5. The molecule has 2 rings (SSSR count). The molecule has 4 nitrogen and oxygen atoms in total. The van der Waals surface area contributed by atoms with Gasteiger partial charge >= 0.3 is 5.97 Å². The van der Waals surface area contributed by atoms with E-state index in [0.717, 1.165) is 25.7 Å². The standard InChI is InChI=1S/C15H21F2NO3/c1-4-20-14(19)11-10(12(16)17)18-13(21-11)9-7-5-6-8-15(9,2)3/h9,12H,4-8H2,1-3H3. The van der Waals surface area contributed by atoms with Gasteiger partial charge in [0.1, 0.15) is 0 Å². The van der Waals surface area contributed by atoms with E-state index in [1.807, 2.05) is 0 Å². The van der Waals surface area contributed by atoms with Gasteiger partial charge in [0.05, 0.1) is 6.61 Å². The molecule has 118 valence electrons. The van der Waals surface area contributed by atoms with E-state index >= 15 is 0 Å². The summed E-state index contributed by atoms with van der Waals surface area (Å²) in [5.41, 5.74) is -0.682. The van der Waals surface area contributed by atoms with Crippen molar-refractivity contribution in [1.29, 1.82) is 0 Å². The van der Waals surface area contributed by atoms with Gasteiger partial charge in [-0.1, -0.05) is 26.7 Å². The van der Waals surface area contributed by atoms with Crippen LogP contribution < -0.4 is 0 Å².